The topological polar surface area (TPSA) is 47.7 Å². The van der Waals surface area contributed by atoms with E-state index in [9.17, 15) is 0 Å². The van der Waals surface area contributed by atoms with Crippen LogP contribution in [0.2, 0.25) is 5.02 Å². The van der Waals surface area contributed by atoms with Crippen molar-refractivity contribution in [1.29, 1.82) is 0 Å². The molecule has 2 N–H and O–H groups in total. The average Bonchev–Trinajstić information content (AvgIpc) is 2.42. The van der Waals surface area contributed by atoms with Gasteiger partial charge in [-0.3, -0.25) is 0 Å². The number of halogens is 1. The van der Waals surface area contributed by atoms with Gasteiger partial charge in [0.25, 0.3) is 0 Å². The highest BCUT2D eigenvalue weighted by Crippen LogP contribution is 2.27. The number of benzene rings is 1. The van der Waals surface area contributed by atoms with E-state index < -0.39 is 0 Å². The zero-order valence-corrected chi connectivity index (χ0v) is 13.3. The Balaban J connectivity index is 3.06. The number of nitrogens with zero attached hydrogens (tertiary/aromatic N) is 1. The van der Waals surface area contributed by atoms with Gasteiger partial charge in [0.1, 0.15) is 0 Å². The Kier molecular flexibility index (Phi) is 7.92. The predicted octanol–water partition coefficient (Wildman–Crippen LogP) is 2.33. The fourth-order valence-corrected chi connectivity index (χ4v) is 2.44. The lowest BCUT2D eigenvalue weighted by Crippen LogP contribution is -2.39. The Morgan fingerprint density at radius 1 is 1.30 bits per heavy atom. The van der Waals surface area contributed by atoms with E-state index in [4.69, 9.17) is 26.8 Å². The van der Waals surface area contributed by atoms with Crippen LogP contribution in [0.4, 0.5) is 5.69 Å². The van der Waals surface area contributed by atoms with Crippen LogP contribution in [0.5, 0.6) is 0 Å². The normalized spacial score (nSPS) is 12.4. The highest BCUT2D eigenvalue weighted by atomic mass is 35.5. The largest absolute Gasteiger partial charge is 0.383 e. The molecule has 0 saturated carbocycles. The Morgan fingerprint density at radius 2 is 2.05 bits per heavy atom. The molecular formula is C15H25ClN2O2. The lowest BCUT2D eigenvalue weighted by molar-refractivity contribution is 0.171. The van der Waals surface area contributed by atoms with Gasteiger partial charge in [0, 0.05) is 37.5 Å². The summed E-state index contributed by atoms with van der Waals surface area (Å²) in [6.45, 7) is 4.84. The molecule has 1 aromatic carbocycles. The molecule has 0 aliphatic heterocycles. The fraction of sp³-hybridized carbons (Fsp3) is 0.600. The third-order valence-electron chi connectivity index (χ3n) is 3.25. The maximum Gasteiger partial charge on any atom is 0.0663 e. The van der Waals surface area contributed by atoms with Gasteiger partial charge in [-0.05, 0) is 37.6 Å². The van der Waals surface area contributed by atoms with Crippen LogP contribution in [0.15, 0.2) is 18.2 Å². The Hall–Kier alpha value is -0.810. The van der Waals surface area contributed by atoms with E-state index in [1.54, 1.807) is 14.2 Å². The molecule has 1 atom stereocenters. The monoisotopic (exact) mass is 300 g/mol. The Bertz CT molecular complexity index is 401. The predicted molar refractivity (Wildman–Crippen MR) is 84.8 cm³/mol. The molecule has 0 bridgehead atoms. The zero-order valence-electron chi connectivity index (χ0n) is 12.6. The molecule has 1 rings (SSSR count). The maximum atomic E-state index is 6.16. The van der Waals surface area contributed by atoms with Crippen LogP contribution in [0.3, 0.4) is 0 Å². The van der Waals surface area contributed by atoms with Gasteiger partial charge in [0.2, 0.25) is 0 Å². The van der Waals surface area contributed by atoms with Crippen molar-refractivity contribution in [3.05, 3.63) is 28.8 Å². The summed E-state index contributed by atoms with van der Waals surface area (Å²) < 4.78 is 10.5. The second-order valence-electron chi connectivity index (χ2n) is 4.80. The SMILES string of the molecule is COCCN(c1cc(Cl)ccc1CCN)C(C)COC. The number of hydrogen-bond acceptors (Lipinski definition) is 4. The number of rotatable bonds is 9. The summed E-state index contributed by atoms with van der Waals surface area (Å²) >= 11 is 6.16. The van der Waals surface area contributed by atoms with Crippen molar-refractivity contribution < 1.29 is 9.47 Å². The number of anilines is 1. The molecule has 20 heavy (non-hydrogen) atoms. The zero-order chi connectivity index (χ0) is 15.0. The molecule has 0 spiro atoms. The van der Waals surface area contributed by atoms with Crippen LogP contribution in [-0.2, 0) is 15.9 Å². The van der Waals surface area contributed by atoms with Crippen molar-refractivity contribution in [2.45, 2.75) is 19.4 Å². The highest BCUT2D eigenvalue weighted by Gasteiger charge is 2.17. The molecule has 5 heteroatoms. The van der Waals surface area contributed by atoms with Crippen LogP contribution in [0.1, 0.15) is 12.5 Å². The summed E-state index contributed by atoms with van der Waals surface area (Å²) in [5.41, 5.74) is 8.02. The lowest BCUT2D eigenvalue weighted by Gasteiger charge is -2.32. The minimum absolute atomic E-state index is 0.241. The van der Waals surface area contributed by atoms with E-state index in [0.717, 1.165) is 23.7 Å². The average molecular weight is 301 g/mol. The number of nitrogens with two attached hydrogens (primary N) is 1. The van der Waals surface area contributed by atoms with E-state index in [1.165, 1.54) is 5.56 Å². The number of methoxy groups -OCH3 is 2. The third-order valence-corrected chi connectivity index (χ3v) is 3.48. The maximum absolute atomic E-state index is 6.16. The van der Waals surface area contributed by atoms with Gasteiger partial charge in [-0.2, -0.15) is 0 Å². The highest BCUT2D eigenvalue weighted by molar-refractivity contribution is 6.30. The van der Waals surface area contributed by atoms with Crippen LogP contribution >= 0.6 is 11.6 Å². The first-order valence-electron chi connectivity index (χ1n) is 6.87. The summed E-state index contributed by atoms with van der Waals surface area (Å²) in [6.07, 6.45) is 0.829. The minimum Gasteiger partial charge on any atom is -0.383 e. The quantitative estimate of drug-likeness (QED) is 0.760. The Morgan fingerprint density at radius 3 is 2.65 bits per heavy atom. The van der Waals surface area contributed by atoms with Crippen molar-refractivity contribution in [1.82, 2.24) is 0 Å². The fourth-order valence-electron chi connectivity index (χ4n) is 2.27. The molecule has 0 aliphatic carbocycles. The second kappa shape index (κ2) is 9.19. The molecule has 0 aliphatic rings. The van der Waals surface area contributed by atoms with E-state index >= 15 is 0 Å². The summed E-state index contributed by atoms with van der Waals surface area (Å²) in [6, 6.07) is 6.19. The molecule has 0 heterocycles. The van der Waals surface area contributed by atoms with E-state index in [1.807, 2.05) is 18.2 Å². The molecular weight excluding hydrogens is 276 g/mol. The van der Waals surface area contributed by atoms with Crippen molar-refractivity contribution in [2.75, 3.05) is 45.4 Å². The molecule has 0 saturated heterocycles. The van der Waals surface area contributed by atoms with Crippen molar-refractivity contribution >= 4 is 17.3 Å². The van der Waals surface area contributed by atoms with E-state index in [0.29, 0.717) is 19.8 Å². The smallest absolute Gasteiger partial charge is 0.0663 e. The van der Waals surface area contributed by atoms with E-state index in [-0.39, 0.29) is 6.04 Å². The molecule has 1 unspecified atom stereocenters. The summed E-state index contributed by atoms with van der Waals surface area (Å²) in [7, 11) is 3.42. The van der Waals surface area contributed by atoms with Gasteiger partial charge < -0.3 is 20.1 Å². The summed E-state index contributed by atoms with van der Waals surface area (Å²) in [4.78, 5) is 2.27. The minimum atomic E-state index is 0.241. The molecule has 0 aromatic heterocycles. The third kappa shape index (κ3) is 4.94. The van der Waals surface area contributed by atoms with Gasteiger partial charge >= 0.3 is 0 Å². The molecule has 114 valence electrons. The lowest BCUT2D eigenvalue weighted by atomic mass is 10.1. The number of hydrogen-bond donors (Lipinski definition) is 1. The molecule has 0 fully saturated rings. The van der Waals surface area contributed by atoms with Gasteiger partial charge in [-0.15, -0.1) is 0 Å². The van der Waals surface area contributed by atoms with Gasteiger partial charge in [-0.25, -0.2) is 0 Å². The summed E-state index contributed by atoms with van der Waals surface area (Å²) in [5.74, 6) is 0. The van der Waals surface area contributed by atoms with Crippen LogP contribution < -0.4 is 10.6 Å². The van der Waals surface area contributed by atoms with Gasteiger partial charge in [-0.1, -0.05) is 17.7 Å². The standard InChI is InChI=1S/C15H25ClN2O2/c1-12(11-20-3)18(8-9-19-2)15-10-14(16)5-4-13(15)6-7-17/h4-5,10,12H,6-9,11,17H2,1-3H3. The van der Waals surface area contributed by atoms with Gasteiger partial charge in [0.15, 0.2) is 0 Å². The second-order valence-corrected chi connectivity index (χ2v) is 5.24. The van der Waals surface area contributed by atoms with Crippen molar-refractivity contribution in [2.24, 2.45) is 5.73 Å². The van der Waals surface area contributed by atoms with Crippen LogP contribution in [0, 0.1) is 0 Å². The first-order valence-corrected chi connectivity index (χ1v) is 7.24. The molecule has 4 nitrogen and oxygen atoms in total. The van der Waals surface area contributed by atoms with Crippen molar-refractivity contribution in [3.8, 4) is 0 Å². The number of ether oxygens (including phenoxy) is 2. The van der Waals surface area contributed by atoms with Gasteiger partial charge in [0.05, 0.1) is 13.2 Å². The van der Waals surface area contributed by atoms with Crippen LogP contribution in [0.25, 0.3) is 0 Å². The molecule has 1 aromatic rings. The first-order chi connectivity index (χ1) is 9.63. The molecule has 0 radical (unpaired) electrons. The summed E-state index contributed by atoms with van der Waals surface area (Å²) in [5, 5.41) is 0.729. The first kappa shape index (κ1) is 17.2. The van der Waals surface area contributed by atoms with E-state index in [2.05, 4.69) is 11.8 Å². The van der Waals surface area contributed by atoms with Crippen LogP contribution in [-0.4, -0.2) is 46.6 Å². The Labute approximate surface area is 126 Å². The van der Waals surface area contributed by atoms with Crippen molar-refractivity contribution in [3.63, 3.8) is 0 Å². The molecule has 0 amide bonds.